The molecule has 242 valence electrons. The standard InChI is InChI=1S/C19H24N2O2.2C7H8O3S/c20-16(10-13-6-2-1-3-7-13)18(23)12-21-19-15-9-5-4-8-14(15)11-17(19)22;2*1-6-2-4-7(5-3-6)11(8,9)10/h1-9,16-19,21-23H,10-12,20H2;2*2-5H,1H3,(H,8,9,10)/t16-,17+,18+,19-;;/m0../s1. The zero-order chi connectivity index (χ0) is 33.2. The number of aryl methyl sites for hydroxylation is 2. The lowest BCUT2D eigenvalue weighted by Gasteiger charge is -2.23. The summed E-state index contributed by atoms with van der Waals surface area (Å²) in [5, 5.41) is 23.8. The summed E-state index contributed by atoms with van der Waals surface area (Å²) in [5.41, 5.74) is 11.4. The van der Waals surface area contributed by atoms with E-state index < -0.39 is 32.4 Å². The first-order valence-corrected chi connectivity index (χ1v) is 17.1. The van der Waals surface area contributed by atoms with Gasteiger partial charge in [-0.2, -0.15) is 16.8 Å². The Morgan fingerprint density at radius 1 is 0.756 bits per heavy atom. The van der Waals surface area contributed by atoms with Crippen molar-refractivity contribution in [2.75, 3.05) is 6.54 Å². The molecule has 0 aromatic heterocycles. The number of aliphatic hydroxyl groups is 2. The summed E-state index contributed by atoms with van der Waals surface area (Å²) >= 11 is 0. The molecule has 0 saturated carbocycles. The average molecular weight is 657 g/mol. The fraction of sp³-hybridized carbons (Fsp3) is 0.273. The third kappa shape index (κ3) is 11.4. The van der Waals surface area contributed by atoms with Gasteiger partial charge in [-0.1, -0.05) is 90.0 Å². The van der Waals surface area contributed by atoms with E-state index in [1.165, 1.54) is 29.8 Å². The summed E-state index contributed by atoms with van der Waals surface area (Å²) in [6, 6.07) is 29.5. The Balaban J connectivity index is 0.000000210. The lowest BCUT2D eigenvalue weighted by atomic mass is 10.0. The fourth-order valence-corrected chi connectivity index (χ4v) is 5.62. The molecule has 0 amide bonds. The molecule has 0 spiro atoms. The second-order valence-electron chi connectivity index (χ2n) is 10.9. The number of rotatable bonds is 8. The number of aliphatic hydroxyl groups excluding tert-OH is 2. The van der Waals surface area contributed by atoms with Crippen molar-refractivity contribution in [1.29, 1.82) is 0 Å². The molecule has 0 saturated heterocycles. The maximum atomic E-state index is 10.5. The second kappa shape index (κ2) is 16.2. The molecular weight excluding hydrogens is 617 g/mol. The minimum Gasteiger partial charge on any atom is -0.391 e. The van der Waals surface area contributed by atoms with Gasteiger partial charge in [-0.3, -0.25) is 9.11 Å². The van der Waals surface area contributed by atoms with Gasteiger partial charge in [0.15, 0.2) is 0 Å². The number of hydrogen-bond donors (Lipinski definition) is 6. The van der Waals surface area contributed by atoms with Crippen LogP contribution in [0.4, 0.5) is 0 Å². The van der Waals surface area contributed by atoms with Crippen molar-refractivity contribution >= 4 is 20.2 Å². The van der Waals surface area contributed by atoms with E-state index in [-0.39, 0.29) is 21.9 Å². The van der Waals surface area contributed by atoms with Crippen molar-refractivity contribution in [2.45, 2.75) is 60.8 Å². The first-order chi connectivity index (χ1) is 21.1. The van der Waals surface area contributed by atoms with E-state index in [0.717, 1.165) is 22.3 Å². The molecule has 4 atom stereocenters. The van der Waals surface area contributed by atoms with Crippen LogP contribution in [0.2, 0.25) is 0 Å². The quantitative estimate of drug-likeness (QED) is 0.153. The smallest absolute Gasteiger partial charge is 0.294 e. The van der Waals surface area contributed by atoms with E-state index in [1.54, 1.807) is 24.3 Å². The minimum absolute atomic E-state index is 0.0666. The van der Waals surface area contributed by atoms with E-state index >= 15 is 0 Å². The summed E-state index contributed by atoms with van der Waals surface area (Å²) in [6.07, 6.45) is 0.174. The monoisotopic (exact) mass is 656 g/mol. The van der Waals surface area contributed by atoms with Crippen LogP contribution in [0, 0.1) is 13.8 Å². The van der Waals surface area contributed by atoms with E-state index in [2.05, 4.69) is 5.32 Å². The number of nitrogens with one attached hydrogen (secondary N) is 1. The van der Waals surface area contributed by atoms with Gasteiger partial charge in [-0.25, -0.2) is 0 Å². The van der Waals surface area contributed by atoms with Crippen LogP contribution in [0.5, 0.6) is 0 Å². The molecule has 4 aromatic carbocycles. The van der Waals surface area contributed by atoms with Gasteiger partial charge in [0, 0.05) is 19.0 Å². The molecule has 4 aromatic rings. The number of hydrogen-bond acceptors (Lipinski definition) is 8. The van der Waals surface area contributed by atoms with Gasteiger partial charge in [0.05, 0.1) is 28.0 Å². The van der Waals surface area contributed by atoms with Crippen molar-refractivity contribution in [1.82, 2.24) is 5.32 Å². The summed E-state index contributed by atoms with van der Waals surface area (Å²) in [7, 11) is -8.04. The van der Waals surface area contributed by atoms with Crippen LogP contribution in [0.3, 0.4) is 0 Å². The average Bonchev–Trinajstić information content (AvgIpc) is 3.31. The molecule has 10 nitrogen and oxygen atoms in total. The van der Waals surface area contributed by atoms with E-state index in [4.69, 9.17) is 14.8 Å². The summed E-state index contributed by atoms with van der Waals surface area (Å²) in [4.78, 5) is -0.133. The first kappa shape index (κ1) is 36.0. The molecule has 0 radical (unpaired) electrons. The Morgan fingerprint density at radius 2 is 1.22 bits per heavy atom. The van der Waals surface area contributed by atoms with E-state index in [0.29, 0.717) is 19.4 Å². The van der Waals surface area contributed by atoms with Gasteiger partial charge in [-0.15, -0.1) is 0 Å². The molecule has 5 rings (SSSR count). The van der Waals surface area contributed by atoms with Crippen molar-refractivity contribution in [3.8, 4) is 0 Å². The van der Waals surface area contributed by atoms with E-state index in [1.807, 2.05) is 68.4 Å². The minimum atomic E-state index is -4.02. The highest BCUT2D eigenvalue weighted by Crippen LogP contribution is 2.31. The molecule has 0 bridgehead atoms. The van der Waals surface area contributed by atoms with Crippen molar-refractivity contribution < 1.29 is 36.2 Å². The molecule has 12 heteroatoms. The van der Waals surface area contributed by atoms with Gasteiger partial charge in [0.2, 0.25) is 0 Å². The fourth-order valence-electron chi connectivity index (χ4n) is 4.66. The van der Waals surface area contributed by atoms with Gasteiger partial charge in [0.1, 0.15) is 0 Å². The highest BCUT2D eigenvalue weighted by molar-refractivity contribution is 7.86. The van der Waals surface area contributed by atoms with Crippen LogP contribution in [-0.4, -0.2) is 60.9 Å². The van der Waals surface area contributed by atoms with Crippen LogP contribution < -0.4 is 11.1 Å². The van der Waals surface area contributed by atoms with Crippen molar-refractivity contribution in [3.63, 3.8) is 0 Å². The Bertz CT molecular complexity index is 1640. The summed E-state index contributed by atoms with van der Waals surface area (Å²) in [5.74, 6) is 0. The molecule has 7 N–H and O–H groups in total. The van der Waals surface area contributed by atoms with Crippen molar-refractivity contribution in [3.05, 3.63) is 131 Å². The molecule has 45 heavy (non-hydrogen) atoms. The van der Waals surface area contributed by atoms with Gasteiger partial charge in [-0.05, 0) is 61.2 Å². The van der Waals surface area contributed by atoms with Crippen LogP contribution in [0.15, 0.2) is 113 Å². The third-order valence-electron chi connectivity index (χ3n) is 7.20. The van der Waals surface area contributed by atoms with E-state index in [9.17, 15) is 27.0 Å². The Kier molecular flexibility index (Phi) is 13.0. The van der Waals surface area contributed by atoms with Gasteiger partial charge < -0.3 is 21.3 Å². The molecule has 0 fully saturated rings. The number of nitrogens with two attached hydrogens (primary N) is 1. The summed E-state index contributed by atoms with van der Waals surface area (Å²) in [6.45, 7) is 4.05. The summed E-state index contributed by atoms with van der Waals surface area (Å²) < 4.78 is 59.1. The first-order valence-electron chi connectivity index (χ1n) is 14.2. The highest BCUT2D eigenvalue weighted by Gasteiger charge is 2.31. The Labute approximate surface area is 265 Å². The molecular formula is C33H40N2O8S2. The number of fused-ring (bicyclic) bond motifs is 1. The van der Waals surface area contributed by atoms with Gasteiger partial charge >= 0.3 is 0 Å². The lowest BCUT2D eigenvalue weighted by molar-refractivity contribution is 0.108. The zero-order valence-electron chi connectivity index (χ0n) is 25.1. The molecule has 0 heterocycles. The lowest BCUT2D eigenvalue weighted by Crippen LogP contribution is -2.45. The Morgan fingerprint density at radius 3 is 1.71 bits per heavy atom. The van der Waals surface area contributed by atoms with Crippen molar-refractivity contribution in [2.24, 2.45) is 5.73 Å². The predicted molar refractivity (Wildman–Crippen MR) is 173 cm³/mol. The number of benzene rings is 4. The molecule has 1 aliphatic carbocycles. The normalized spacial score (nSPS) is 17.1. The predicted octanol–water partition coefficient (Wildman–Crippen LogP) is 3.65. The van der Waals surface area contributed by atoms with Crippen LogP contribution in [0.1, 0.15) is 33.9 Å². The highest BCUT2D eigenvalue weighted by atomic mass is 32.2. The Hall–Kier alpha value is -3.46. The van der Waals surface area contributed by atoms with Crippen LogP contribution >= 0.6 is 0 Å². The topological polar surface area (TPSA) is 187 Å². The van der Waals surface area contributed by atoms with Crippen LogP contribution in [0.25, 0.3) is 0 Å². The maximum Gasteiger partial charge on any atom is 0.294 e. The SMILES string of the molecule is Cc1ccc(S(=O)(=O)O)cc1.Cc1ccc(S(=O)(=O)O)cc1.N[C@@H](Cc1ccccc1)[C@H](O)CN[C@H]1c2ccccc2C[C@H]1O. The molecule has 0 aliphatic heterocycles. The molecule has 0 unspecified atom stereocenters. The van der Waals surface area contributed by atoms with Gasteiger partial charge in [0.25, 0.3) is 20.2 Å². The molecule has 1 aliphatic rings. The zero-order valence-corrected chi connectivity index (χ0v) is 26.7. The largest absolute Gasteiger partial charge is 0.391 e. The maximum absolute atomic E-state index is 10.5. The van der Waals surface area contributed by atoms with Crippen LogP contribution in [-0.2, 0) is 33.1 Å². The second-order valence-corrected chi connectivity index (χ2v) is 13.7. The third-order valence-corrected chi connectivity index (χ3v) is 8.93.